The lowest BCUT2D eigenvalue weighted by atomic mass is 10.1. The van der Waals surface area contributed by atoms with Gasteiger partial charge in [0.25, 0.3) is 5.91 Å². The molecule has 1 aliphatic rings. The number of carbonyl (C=O) groups excluding carboxylic acids is 1. The van der Waals surface area contributed by atoms with E-state index in [-0.39, 0.29) is 17.5 Å². The predicted molar refractivity (Wildman–Crippen MR) is 95.3 cm³/mol. The van der Waals surface area contributed by atoms with Gasteiger partial charge in [-0.15, -0.1) is 0 Å². The van der Waals surface area contributed by atoms with Crippen molar-refractivity contribution in [2.24, 2.45) is 0 Å². The fraction of sp³-hybridized carbons (Fsp3) is 0.350. The van der Waals surface area contributed by atoms with Gasteiger partial charge in [0.1, 0.15) is 0 Å². The van der Waals surface area contributed by atoms with Crippen molar-refractivity contribution in [3.05, 3.63) is 65.0 Å². The van der Waals surface area contributed by atoms with Crippen molar-refractivity contribution < 1.29 is 13.9 Å². The maximum atomic E-state index is 13.8. The lowest BCUT2D eigenvalue weighted by Crippen LogP contribution is -2.48. The van der Waals surface area contributed by atoms with E-state index in [1.54, 1.807) is 6.07 Å². The molecule has 0 saturated carbocycles. The third kappa shape index (κ3) is 4.17. The highest BCUT2D eigenvalue weighted by Crippen LogP contribution is 2.19. The van der Waals surface area contributed by atoms with Crippen LogP contribution in [0.25, 0.3) is 0 Å². The van der Waals surface area contributed by atoms with Gasteiger partial charge in [0, 0.05) is 38.3 Å². The van der Waals surface area contributed by atoms with Crippen molar-refractivity contribution in [1.29, 1.82) is 0 Å². The molecule has 1 amide bonds. The van der Waals surface area contributed by atoms with Gasteiger partial charge in [-0.05, 0) is 36.8 Å². The molecule has 3 rings (SSSR count). The highest BCUT2D eigenvalue weighted by molar-refractivity contribution is 5.94. The topological polar surface area (TPSA) is 32.8 Å². The van der Waals surface area contributed by atoms with E-state index in [2.05, 4.69) is 4.90 Å². The van der Waals surface area contributed by atoms with Gasteiger partial charge in [0.2, 0.25) is 0 Å². The van der Waals surface area contributed by atoms with Crippen LogP contribution < -0.4 is 4.74 Å². The Labute approximate surface area is 147 Å². The largest absolute Gasteiger partial charge is 0.494 e. The number of hydrogen-bond donors (Lipinski definition) is 0. The molecule has 0 aromatic heterocycles. The highest BCUT2D eigenvalue weighted by Gasteiger charge is 2.22. The number of methoxy groups -OCH3 is 1. The molecular weight excluding hydrogens is 319 g/mol. The molecule has 2 aromatic carbocycles. The molecule has 25 heavy (non-hydrogen) atoms. The van der Waals surface area contributed by atoms with Crippen LogP contribution in [0.2, 0.25) is 0 Å². The van der Waals surface area contributed by atoms with Crippen LogP contribution in [-0.2, 0) is 6.54 Å². The minimum atomic E-state index is -0.340. The maximum Gasteiger partial charge on any atom is 0.253 e. The van der Waals surface area contributed by atoms with Gasteiger partial charge in [-0.2, -0.15) is 0 Å². The third-order valence-corrected chi connectivity index (χ3v) is 4.58. The molecule has 132 valence electrons. The first-order chi connectivity index (χ1) is 12.1. The zero-order chi connectivity index (χ0) is 17.8. The van der Waals surface area contributed by atoms with E-state index in [4.69, 9.17) is 4.74 Å². The standard InChI is InChI=1S/C20H23FN2O2/c1-15-3-6-17(7-4-15)20(24)23-11-9-22(10-12-23)14-16-5-8-19(25-2)18(21)13-16/h3-8,13H,9-12,14H2,1-2H3. The normalized spacial score (nSPS) is 15.2. The third-order valence-electron chi connectivity index (χ3n) is 4.58. The number of aryl methyl sites for hydroxylation is 1. The van der Waals surface area contributed by atoms with E-state index in [1.807, 2.05) is 42.2 Å². The first-order valence-electron chi connectivity index (χ1n) is 8.47. The summed E-state index contributed by atoms with van der Waals surface area (Å²) >= 11 is 0. The van der Waals surface area contributed by atoms with E-state index in [1.165, 1.54) is 13.2 Å². The van der Waals surface area contributed by atoms with Crippen molar-refractivity contribution in [3.8, 4) is 5.75 Å². The Morgan fingerprint density at radius 1 is 1.08 bits per heavy atom. The summed E-state index contributed by atoms with van der Waals surface area (Å²) in [6.07, 6.45) is 0. The molecule has 4 nitrogen and oxygen atoms in total. The Balaban J connectivity index is 1.55. The quantitative estimate of drug-likeness (QED) is 0.856. The average Bonchev–Trinajstić information content (AvgIpc) is 2.63. The van der Waals surface area contributed by atoms with Crippen molar-refractivity contribution in [1.82, 2.24) is 9.80 Å². The SMILES string of the molecule is COc1ccc(CN2CCN(C(=O)c3ccc(C)cc3)CC2)cc1F. The van der Waals surface area contributed by atoms with Crippen LogP contribution in [0.5, 0.6) is 5.75 Å². The molecule has 2 aromatic rings. The Hall–Kier alpha value is -2.40. The van der Waals surface area contributed by atoms with Gasteiger partial charge in [-0.25, -0.2) is 4.39 Å². The Kier molecular flexibility index (Phi) is 5.34. The summed E-state index contributed by atoms with van der Waals surface area (Å²) in [5.41, 5.74) is 2.79. The number of hydrogen-bond acceptors (Lipinski definition) is 3. The van der Waals surface area contributed by atoms with E-state index < -0.39 is 0 Å². The maximum absolute atomic E-state index is 13.8. The summed E-state index contributed by atoms with van der Waals surface area (Å²) in [5.74, 6) is 0.000547. The molecule has 1 aliphatic heterocycles. The molecule has 0 spiro atoms. The molecule has 5 heteroatoms. The van der Waals surface area contributed by atoms with Crippen LogP contribution >= 0.6 is 0 Å². The highest BCUT2D eigenvalue weighted by atomic mass is 19.1. The number of nitrogens with zero attached hydrogens (tertiary/aromatic N) is 2. The van der Waals surface area contributed by atoms with Crippen molar-refractivity contribution >= 4 is 5.91 Å². The molecule has 1 heterocycles. The zero-order valence-electron chi connectivity index (χ0n) is 14.7. The predicted octanol–water partition coefficient (Wildman–Crippen LogP) is 3.10. The molecule has 0 unspecified atom stereocenters. The average molecular weight is 342 g/mol. The summed E-state index contributed by atoms with van der Waals surface area (Å²) in [7, 11) is 1.46. The van der Waals surface area contributed by atoms with E-state index in [0.29, 0.717) is 19.6 Å². The second kappa shape index (κ2) is 7.66. The van der Waals surface area contributed by atoms with E-state index >= 15 is 0 Å². The molecule has 1 fully saturated rings. The minimum absolute atomic E-state index is 0.0788. The fourth-order valence-corrected chi connectivity index (χ4v) is 3.05. The summed E-state index contributed by atoms with van der Waals surface area (Å²) in [6, 6.07) is 12.7. The summed E-state index contributed by atoms with van der Waals surface area (Å²) < 4.78 is 18.7. The number of carbonyl (C=O) groups is 1. The van der Waals surface area contributed by atoms with Gasteiger partial charge in [-0.3, -0.25) is 9.69 Å². The molecule has 0 radical (unpaired) electrons. The molecule has 0 bridgehead atoms. The monoisotopic (exact) mass is 342 g/mol. The second-order valence-corrected chi connectivity index (χ2v) is 6.40. The molecule has 0 atom stereocenters. The molecular formula is C20H23FN2O2. The molecule has 0 N–H and O–H groups in total. The lowest BCUT2D eigenvalue weighted by molar-refractivity contribution is 0.0628. The number of ether oxygens (including phenoxy) is 1. The number of halogens is 1. The van der Waals surface area contributed by atoms with Gasteiger partial charge in [0.15, 0.2) is 11.6 Å². The van der Waals surface area contributed by atoms with Crippen LogP contribution in [0.4, 0.5) is 4.39 Å². The Bertz CT molecular complexity index is 738. The van der Waals surface area contributed by atoms with Crippen LogP contribution in [0.3, 0.4) is 0 Å². The van der Waals surface area contributed by atoms with E-state index in [0.717, 1.165) is 29.8 Å². The fourth-order valence-electron chi connectivity index (χ4n) is 3.05. The molecule has 1 saturated heterocycles. The van der Waals surface area contributed by atoms with Crippen LogP contribution in [-0.4, -0.2) is 49.0 Å². The number of benzene rings is 2. The number of piperazine rings is 1. The second-order valence-electron chi connectivity index (χ2n) is 6.40. The van der Waals surface area contributed by atoms with Gasteiger partial charge >= 0.3 is 0 Å². The Morgan fingerprint density at radius 3 is 2.36 bits per heavy atom. The van der Waals surface area contributed by atoms with Crippen molar-refractivity contribution in [2.75, 3.05) is 33.3 Å². The lowest BCUT2D eigenvalue weighted by Gasteiger charge is -2.34. The smallest absolute Gasteiger partial charge is 0.253 e. The minimum Gasteiger partial charge on any atom is -0.494 e. The Morgan fingerprint density at radius 2 is 1.76 bits per heavy atom. The van der Waals surface area contributed by atoms with Crippen LogP contribution in [0, 0.1) is 12.7 Å². The summed E-state index contributed by atoms with van der Waals surface area (Å²) in [5, 5.41) is 0. The van der Waals surface area contributed by atoms with E-state index in [9.17, 15) is 9.18 Å². The molecule has 0 aliphatic carbocycles. The van der Waals surface area contributed by atoms with Gasteiger partial charge in [0.05, 0.1) is 7.11 Å². The zero-order valence-corrected chi connectivity index (χ0v) is 14.7. The first kappa shape index (κ1) is 17.4. The van der Waals surface area contributed by atoms with Crippen LogP contribution in [0.15, 0.2) is 42.5 Å². The van der Waals surface area contributed by atoms with Crippen molar-refractivity contribution in [3.63, 3.8) is 0 Å². The summed E-state index contributed by atoms with van der Waals surface area (Å²) in [6.45, 7) is 5.62. The van der Waals surface area contributed by atoms with Gasteiger partial charge in [-0.1, -0.05) is 23.8 Å². The first-order valence-corrected chi connectivity index (χ1v) is 8.47. The van der Waals surface area contributed by atoms with Crippen LogP contribution in [0.1, 0.15) is 21.5 Å². The number of rotatable bonds is 4. The van der Waals surface area contributed by atoms with Gasteiger partial charge < -0.3 is 9.64 Å². The summed E-state index contributed by atoms with van der Waals surface area (Å²) in [4.78, 5) is 16.7. The number of amides is 1. The van der Waals surface area contributed by atoms with Crippen molar-refractivity contribution in [2.45, 2.75) is 13.5 Å².